The molecule has 110 valence electrons. The first kappa shape index (κ1) is 16.2. The maximum atomic E-state index is 13.0. The third kappa shape index (κ3) is 5.34. The maximum Gasteiger partial charge on any atom is 0.326 e. The summed E-state index contributed by atoms with van der Waals surface area (Å²) in [7, 11) is 0. The lowest BCUT2D eigenvalue weighted by molar-refractivity contribution is -0.143. The van der Waals surface area contributed by atoms with Gasteiger partial charge in [0.15, 0.2) is 0 Å². The number of amides is 1. The van der Waals surface area contributed by atoms with Crippen molar-refractivity contribution in [2.24, 2.45) is 5.92 Å². The molecule has 0 aliphatic heterocycles. The lowest BCUT2D eigenvalue weighted by Gasteiger charge is -2.28. The third-order valence-electron chi connectivity index (χ3n) is 3.31. The Hall–Kier alpha value is -0.850. The number of hydrogen-bond donors (Lipinski definition) is 2. The molecule has 0 aromatic heterocycles. The fraction of sp³-hybridized carbons (Fsp3) is 0.833. The van der Waals surface area contributed by atoms with Gasteiger partial charge >= 0.3 is 5.97 Å². The second kappa shape index (κ2) is 7.07. The van der Waals surface area contributed by atoms with Crippen molar-refractivity contribution in [1.29, 1.82) is 0 Å². The van der Waals surface area contributed by atoms with Crippen LogP contribution in [0.15, 0.2) is 0 Å². The van der Waals surface area contributed by atoms with Crippen LogP contribution >= 0.6 is 11.8 Å². The van der Waals surface area contributed by atoms with E-state index in [1.54, 1.807) is 0 Å². The van der Waals surface area contributed by atoms with Gasteiger partial charge < -0.3 is 10.4 Å². The second-order valence-electron chi connectivity index (χ2n) is 4.81. The van der Waals surface area contributed by atoms with Crippen molar-refractivity contribution in [2.45, 2.75) is 44.1 Å². The minimum atomic E-state index is -2.68. The number of carboxylic acid groups (broad SMARTS) is 1. The number of aliphatic carboxylic acids is 1. The molecule has 1 fully saturated rings. The van der Waals surface area contributed by atoms with Crippen molar-refractivity contribution < 1.29 is 23.5 Å². The molecule has 0 spiro atoms. The van der Waals surface area contributed by atoms with E-state index in [0.29, 0.717) is 12.2 Å². The molecule has 0 saturated heterocycles. The van der Waals surface area contributed by atoms with Gasteiger partial charge in [-0.05, 0) is 31.3 Å². The van der Waals surface area contributed by atoms with Crippen LogP contribution in [0.2, 0.25) is 0 Å². The topological polar surface area (TPSA) is 66.4 Å². The highest BCUT2D eigenvalue weighted by molar-refractivity contribution is 7.98. The van der Waals surface area contributed by atoms with Gasteiger partial charge in [0.1, 0.15) is 6.04 Å². The Balaban J connectivity index is 2.46. The molecule has 19 heavy (non-hydrogen) atoms. The summed E-state index contributed by atoms with van der Waals surface area (Å²) >= 11 is 1.50. The van der Waals surface area contributed by atoms with Gasteiger partial charge in [0.25, 0.3) is 0 Å². The van der Waals surface area contributed by atoms with E-state index in [2.05, 4.69) is 5.32 Å². The molecule has 1 amide bonds. The average molecular weight is 295 g/mol. The van der Waals surface area contributed by atoms with Gasteiger partial charge in [-0.2, -0.15) is 11.8 Å². The van der Waals surface area contributed by atoms with Crippen molar-refractivity contribution >= 4 is 23.6 Å². The van der Waals surface area contributed by atoms with Crippen LogP contribution < -0.4 is 5.32 Å². The molecule has 1 aliphatic carbocycles. The summed E-state index contributed by atoms with van der Waals surface area (Å²) in [6.45, 7) is 0. The molecule has 0 radical (unpaired) electrons. The Kier molecular flexibility index (Phi) is 6.03. The number of halogens is 2. The Morgan fingerprint density at radius 3 is 2.47 bits per heavy atom. The van der Waals surface area contributed by atoms with E-state index in [1.807, 2.05) is 6.26 Å². The number of carboxylic acids is 1. The second-order valence-corrected chi connectivity index (χ2v) is 5.80. The van der Waals surface area contributed by atoms with Crippen LogP contribution in [-0.4, -0.2) is 41.0 Å². The standard InChI is InChI=1S/C12H19F2NO3S/c1-19-7-4-9(11(17)18)15-10(16)8-2-5-12(13,14)6-3-8/h8-9H,2-7H2,1H3,(H,15,16)(H,17,18)/t9-/m0/s1. The van der Waals surface area contributed by atoms with Gasteiger partial charge in [-0.25, -0.2) is 13.6 Å². The van der Waals surface area contributed by atoms with Gasteiger partial charge in [0.2, 0.25) is 11.8 Å². The first-order valence-corrected chi connectivity index (χ1v) is 7.65. The molecule has 0 bridgehead atoms. The van der Waals surface area contributed by atoms with Crippen molar-refractivity contribution in [3.05, 3.63) is 0 Å². The van der Waals surface area contributed by atoms with Gasteiger partial charge in [0.05, 0.1) is 0 Å². The first-order valence-electron chi connectivity index (χ1n) is 6.25. The molecule has 1 saturated carbocycles. The number of rotatable bonds is 6. The fourth-order valence-electron chi connectivity index (χ4n) is 2.08. The highest BCUT2D eigenvalue weighted by Crippen LogP contribution is 2.36. The van der Waals surface area contributed by atoms with Gasteiger partial charge in [0, 0.05) is 18.8 Å². The predicted molar refractivity (Wildman–Crippen MR) is 69.5 cm³/mol. The summed E-state index contributed by atoms with van der Waals surface area (Å²) in [4.78, 5) is 22.8. The number of hydrogen-bond acceptors (Lipinski definition) is 3. The Bertz CT molecular complexity index is 329. The molecule has 7 heteroatoms. The van der Waals surface area contributed by atoms with Crippen LogP contribution in [0.1, 0.15) is 32.1 Å². The van der Waals surface area contributed by atoms with Crippen molar-refractivity contribution in [1.82, 2.24) is 5.32 Å². The summed E-state index contributed by atoms with van der Waals surface area (Å²) in [6, 6.07) is -0.928. The van der Waals surface area contributed by atoms with Crippen molar-refractivity contribution in [2.75, 3.05) is 12.0 Å². The van der Waals surface area contributed by atoms with E-state index in [0.717, 1.165) is 0 Å². The summed E-state index contributed by atoms with van der Waals surface area (Å²) in [5, 5.41) is 11.4. The maximum absolute atomic E-state index is 13.0. The normalized spacial score (nSPS) is 20.8. The molecule has 0 aromatic rings. The molecule has 2 N–H and O–H groups in total. The molecule has 4 nitrogen and oxygen atoms in total. The lowest BCUT2D eigenvalue weighted by atomic mass is 9.86. The Morgan fingerprint density at radius 1 is 1.42 bits per heavy atom. The summed E-state index contributed by atoms with van der Waals surface area (Å²) < 4.78 is 25.9. The smallest absolute Gasteiger partial charge is 0.326 e. The summed E-state index contributed by atoms with van der Waals surface area (Å²) in [6.07, 6.45) is 1.83. The van der Waals surface area contributed by atoms with E-state index < -0.39 is 29.8 Å². The molecular formula is C12H19F2NO3S. The number of thioether (sulfide) groups is 1. The van der Waals surface area contributed by atoms with Crippen molar-refractivity contribution in [3.63, 3.8) is 0 Å². The van der Waals surface area contributed by atoms with Crippen LogP contribution in [0.5, 0.6) is 0 Å². The highest BCUT2D eigenvalue weighted by Gasteiger charge is 2.38. The predicted octanol–water partition coefficient (Wildman–Crippen LogP) is 2.13. The molecule has 0 aromatic carbocycles. The zero-order valence-corrected chi connectivity index (χ0v) is 11.6. The zero-order valence-electron chi connectivity index (χ0n) is 10.8. The van der Waals surface area contributed by atoms with Gasteiger partial charge in [-0.1, -0.05) is 0 Å². The van der Waals surface area contributed by atoms with Gasteiger partial charge in [-0.15, -0.1) is 0 Å². The quantitative estimate of drug-likeness (QED) is 0.788. The minimum Gasteiger partial charge on any atom is -0.480 e. The minimum absolute atomic E-state index is 0.119. The molecule has 1 aliphatic rings. The SMILES string of the molecule is CSCC[C@H](NC(=O)C1CCC(F)(F)CC1)C(=O)O. The van der Waals surface area contributed by atoms with Gasteiger partial charge in [-0.3, -0.25) is 4.79 Å². The number of nitrogens with one attached hydrogen (secondary N) is 1. The monoisotopic (exact) mass is 295 g/mol. The Morgan fingerprint density at radius 2 is 2.00 bits per heavy atom. The zero-order chi connectivity index (χ0) is 14.5. The van der Waals surface area contributed by atoms with E-state index in [4.69, 9.17) is 5.11 Å². The van der Waals surface area contributed by atoms with E-state index in [9.17, 15) is 18.4 Å². The number of carbonyl (C=O) groups excluding carboxylic acids is 1. The van der Waals surface area contributed by atoms with Crippen LogP contribution in [0.25, 0.3) is 0 Å². The van der Waals surface area contributed by atoms with Crippen LogP contribution in [0, 0.1) is 5.92 Å². The average Bonchev–Trinajstić information content (AvgIpc) is 2.33. The number of carbonyl (C=O) groups is 2. The van der Waals surface area contributed by atoms with Crippen LogP contribution in [-0.2, 0) is 9.59 Å². The van der Waals surface area contributed by atoms with Crippen molar-refractivity contribution in [3.8, 4) is 0 Å². The highest BCUT2D eigenvalue weighted by atomic mass is 32.2. The molecule has 1 atom stereocenters. The molecular weight excluding hydrogens is 276 g/mol. The largest absolute Gasteiger partial charge is 0.480 e. The molecule has 1 rings (SSSR count). The number of alkyl halides is 2. The van der Waals surface area contributed by atoms with E-state index in [-0.39, 0.29) is 25.7 Å². The van der Waals surface area contributed by atoms with E-state index >= 15 is 0 Å². The summed E-state index contributed by atoms with van der Waals surface area (Å²) in [5.41, 5.74) is 0. The molecule has 0 heterocycles. The third-order valence-corrected chi connectivity index (χ3v) is 3.96. The lowest BCUT2D eigenvalue weighted by Crippen LogP contribution is -2.45. The molecule has 0 unspecified atom stereocenters. The Labute approximate surface area is 115 Å². The summed E-state index contributed by atoms with van der Waals surface area (Å²) in [5.74, 6) is -4.04. The fourth-order valence-corrected chi connectivity index (χ4v) is 2.56. The van der Waals surface area contributed by atoms with Crippen LogP contribution in [0.3, 0.4) is 0 Å². The van der Waals surface area contributed by atoms with E-state index in [1.165, 1.54) is 11.8 Å². The first-order chi connectivity index (χ1) is 8.85. The van der Waals surface area contributed by atoms with Crippen LogP contribution in [0.4, 0.5) is 8.78 Å².